The van der Waals surface area contributed by atoms with E-state index in [4.69, 9.17) is 0 Å². The van der Waals surface area contributed by atoms with E-state index < -0.39 is 5.97 Å². The molecule has 4 saturated carbocycles. The third-order valence-corrected chi connectivity index (χ3v) is 5.82. The molecule has 0 aromatic rings. The van der Waals surface area contributed by atoms with Crippen LogP contribution in [0.2, 0.25) is 0 Å². The Bertz CT molecular complexity index is 468. The lowest BCUT2D eigenvalue weighted by Crippen LogP contribution is -2.53. The number of methoxy groups -OCH3 is 1. The van der Waals surface area contributed by atoms with Crippen molar-refractivity contribution in [1.29, 1.82) is 0 Å². The van der Waals surface area contributed by atoms with Crippen molar-refractivity contribution in [2.24, 2.45) is 23.2 Å². The number of carbonyl (C=O) groups excluding carboxylic acids is 3. The minimum atomic E-state index is -0.476. The Balaban J connectivity index is 1.43. The molecule has 6 heteroatoms. The van der Waals surface area contributed by atoms with Crippen molar-refractivity contribution in [2.45, 2.75) is 44.9 Å². The van der Waals surface area contributed by atoms with Crippen LogP contribution in [-0.4, -0.2) is 38.0 Å². The summed E-state index contributed by atoms with van der Waals surface area (Å²) in [6.07, 6.45) is 7.20. The van der Waals surface area contributed by atoms with Crippen LogP contribution in [0.25, 0.3) is 0 Å². The van der Waals surface area contributed by atoms with Crippen molar-refractivity contribution >= 4 is 17.8 Å². The summed E-state index contributed by atoms with van der Waals surface area (Å²) in [5.41, 5.74) is -0.169. The van der Waals surface area contributed by atoms with Crippen LogP contribution in [0.15, 0.2) is 0 Å². The molecule has 6 nitrogen and oxygen atoms in total. The molecule has 4 rings (SSSR count). The molecule has 4 aliphatic carbocycles. The predicted molar refractivity (Wildman–Crippen MR) is 83.3 cm³/mol. The number of nitrogens with one attached hydrogen (secondary N) is 2. The molecule has 0 aromatic heterocycles. The van der Waals surface area contributed by atoms with E-state index >= 15 is 0 Å². The molecule has 2 amide bonds. The van der Waals surface area contributed by atoms with Crippen LogP contribution in [0.5, 0.6) is 0 Å². The smallest absolute Gasteiger partial charge is 0.325 e. The van der Waals surface area contributed by atoms with Gasteiger partial charge in [-0.25, -0.2) is 0 Å². The van der Waals surface area contributed by atoms with Crippen LogP contribution in [0, 0.1) is 23.2 Å². The van der Waals surface area contributed by atoms with Gasteiger partial charge >= 0.3 is 5.97 Å². The first-order valence-electron chi connectivity index (χ1n) is 8.62. The maximum absolute atomic E-state index is 12.7. The second-order valence-corrected chi connectivity index (χ2v) is 7.56. The SMILES string of the molecule is COC(=O)CNC(=O)CCNC(=O)C12CC3CC(CC(C3)C1)C2. The average Bonchev–Trinajstić information content (AvgIpc) is 2.51. The number of esters is 1. The maximum Gasteiger partial charge on any atom is 0.325 e. The van der Waals surface area contributed by atoms with E-state index in [-0.39, 0.29) is 30.2 Å². The second kappa shape index (κ2) is 6.49. The molecular weight excluding hydrogens is 296 g/mol. The molecule has 0 aliphatic heterocycles. The molecule has 0 saturated heterocycles. The van der Waals surface area contributed by atoms with Gasteiger partial charge in [0.2, 0.25) is 11.8 Å². The van der Waals surface area contributed by atoms with Gasteiger partial charge in [-0.2, -0.15) is 0 Å². The normalized spacial score (nSPS) is 34.0. The van der Waals surface area contributed by atoms with Crippen molar-refractivity contribution in [2.75, 3.05) is 20.2 Å². The van der Waals surface area contributed by atoms with E-state index in [9.17, 15) is 14.4 Å². The number of hydrogen-bond donors (Lipinski definition) is 2. The Morgan fingerprint density at radius 1 is 1.00 bits per heavy atom. The fourth-order valence-corrected chi connectivity index (χ4v) is 5.20. The van der Waals surface area contributed by atoms with Gasteiger partial charge in [0.1, 0.15) is 6.54 Å². The highest BCUT2D eigenvalue weighted by Gasteiger charge is 2.54. The second-order valence-electron chi connectivity index (χ2n) is 7.56. The summed E-state index contributed by atoms with van der Waals surface area (Å²) in [6.45, 7) is 0.200. The zero-order valence-corrected chi connectivity index (χ0v) is 13.7. The lowest BCUT2D eigenvalue weighted by Gasteiger charge is -2.55. The molecule has 128 valence electrons. The van der Waals surface area contributed by atoms with Crippen LogP contribution >= 0.6 is 0 Å². The van der Waals surface area contributed by atoms with Crippen LogP contribution in [0.3, 0.4) is 0 Å². The van der Waals surface area contributed by atoms with E-state index in [2.05, 4.69) is 15.4 Å². The van der Waals surface area contributed by atoms with Crippen LogP contribution in [0.4, 0.5) is 0 Å². The van der Waals surface area contributed by atoms with Gasteiger partial charge in [-0.1, -0.05) is 0 Å². The van der Waals surface area contributed by atoms with Crippen molar-refractivity contribution in [3.05, 3.63) is 0 Å². The van der Waals surface area contributed by atoms with Crippen molar-refractivity contribution in [1.82, 2.24) is 10.6 Å². The topological polar surface area (TPSA) is 84.5 Å². The van der Waals surface area contributed by atoms with E-state index in [0.717, 1.165) is 37.0 Å². The minimum Gasteiger partial charge on any atom is -0.468 e. The van der Waals surface area contributed by atoms with Gasteiger partial charge in [-0.05, 0) is 56.3 Å². The van der Waals surface area contributed by atoms with Gasteiger partial charge in [-0.15, -0.1) is 0 Å². The highest BCUT2D eigenvalue weighted by Crippen LogP contribution is 2.60. The molecular formula is C17H26N2O4. The van der Waals surface area contributed by atoms with Crippen molar-refractivity contribution in [3.63, 3.8) is 0 Å². The average molecular weight is 322 g/mol. The summed E-state index contributed by atoms with van der Waals surface area (Å²) in [4.78, 5) is 35.2. The molecule has 0 aromatic carbocycles. The highest BCUT2D eigenvalue weighted by molar-refractivity contribution is 5.85. The summed E-state index contributed by atoms with van der Waals surface area (Å²) < 4.78 is 4.46. The largest absolute Gasteiger partial charge is 0.468 e. The molecule has 4 aliphatic rings. The number of hydrogen-bond acceptors (Lipinski definition) is 4. The minimum absolute atomic E-state index is 0.127. The fraction of sp³-hybridized carbons (Fsp3) is 0.824. The van der Waals surface area contributed by atoms with Gasteiger partial charge in [0.15, 0.2) is 0 Å². The van der Waals surface area contributed by atoms with Gasteiger partial charge in [0.25, 0.3) is 0 Å². The monoisotopic (exact) mass is 322 g/mol. The van der Waals surface area contributed by atoms with E-state index in [1.165, 1.54) is 26.4 Å². The molecule has 4 fully saturated rings. The Kier molecular flexibility index (Phi) is 4.60. The zero-order valence-electron chi connectivity index (χ0n) is 13.7. The Labute approximate surface area is 136 Å². The third kappa shape index (κ3) is 3.51. The van der Waals surface area contributed by atoms with Crippen molar-refractivity contribution < 1.29 is 19.1 Å². The van der Waals surface area contributed by atoms with Crippen LogP contribution in [0.1, 0.15) is 44.9 Å². The number of ether oxygens (including phenoxy) is 1. The predicted octanol–water partition coefficient (Wildman–Crippen LogP) is 0.998. The zero-order chi connectivity index (χ0) is 16.4. The summed E-state index contributed by atoms with van der Waals surface area (Å²) in [5, 5.41) is 5.43. The van der Waals surface area contributed by atoms with Gasteiger partial charge in [0, 0.05) is 18.4 Å². The summed E-state index contributed by atoms with van der Waals surface area (Å²) in [7, 11) is 1.28. The van der Waals surface area contributed by atoms with Crippen LogP contribution < -0.4 is 10.6 Å². The summed E-state index contributed by atoms with van der Waals surface area (Å²) in [5.74, 6) is 1.61. The molecule has 0 radical (unpaired) electrons. The Morgan fingerprint density at radius 3 is 2.09 bits per heavy atom. The van der Waals surface area contributed by atoms with Gasteiger partial charge in [-0.3, -0.25) is 14.4 Å². The number of amides is 2. The molecule has 0 atom stereocenters. The summed E-state index contributed by atoms with van der Waals surface area (Å²) in [6, 6.07) is 0. The van der Waals surface area contributed by atoms with Gasteiger partial charge < -0.3 is 15.4 Å². The quantitative estimate of drug-likeness (QED) is 0.715. The molecule has 0 heterocycles. The third-order valence-electron chi connectivity index (χ3n) is 5.82. The molecule has 23 heavy (non-hydrogen) atoms. The van der Waals surface area contributed by atoms with Crippen LogP contribution in [-0.2, 0) is 19.1 Å². The molecule has 2 N–H and O–H groups in total. The maximum atomic E-state index is 12.7. The van der Waals surface area contributed by atoms with E-state index in [1.54, 1.807) is 0 Å². The lowest BCUT2D eigenvalue weighted by atomic mass is 9.49. The Morgan fingerprint density at radius 2 is 1.57 bits per heavy atom. The Hall–Kier alpha value is -1.59. The molecule has 4 bridgehead atoms. The lowest BCUT2D eigenvalue weighted by molar-refractivity contribution is -0.146. The highest BCUT2D eigenvalue weighted by atomic mass is 16.5. The van der Waals surface area contributed by atoms with E-state index in [0.29, 0.717) is 6.54 Å². The number of rotatable bonds is 6. The van der Waals surface area contributed by atoms with Gasteiger partial charge in [0.05, 0.1) is 7.11 Å². The van der Waals surface area contributed by atoms with Crippen molar-refractivity contribution in [3.8, 4) is 0 Å². The molecule has 0 unspecified atom stereocenters. The van der Waals surface area contributed by atoms with E-state index in [1.807, 2.05) is 0 Å². The molecule has 0 spiro atoms. The summed E-state index contributed by atoms with van der Waals surface area (Å²) >= 11 is 0. The first kappa shape index (κ1) is 16.3. The standard InChI is InChI=1S/C17H26N2O4/c1-23-15(21)10-19-14(20)2-3-18-16(22)17-7-11-4-12(8-17)6-13(5-11)9-17/h11-13H,2-10H2,1H3,(H,18,22)(H,19,20). The first-order valence-corrected chi connectivity index (χ1v) is 8.62. The first-order chi connectivity index (χ1) is 11.0. The fourth-order valence-electron chi connectivity index (χ4n) is 5.20. The number of carbonyl (C=O) groups is 3.